The van der Waals surface area contributed by atoms with Crippen LogP contribution in [0.1, 0.15) is 18.2 Å². The van der Waals surface area contributed by atoms with Gasteiger partial charge in [0.25, 0.3) is 0 Å². The van der Waals surface area contributed by atoms with E-state index in [9.17, 15) is 4.79 Å². The van der Waals surface area contributed by atoms with Gasteiger partial charge in [-0.1, -0.05) is 12.1 Å². The Labute approximate surface area is 193 Å². The molecule has 0 atom stereocenters. The maximum atomic E-state index is 12.6. The molecule has 1 aliphatic rings. The lowest BCUT2D eigenvalue weighted by atomic mass is 10.1. The number of carbonyl (C=O) groups excluding carboxylic acids is 1. The number of fused-ring (bicyclic) bond motifs is 1. The molecule has 0 saturated carbocycles. The van der Waals surface area contributed by atoms with Gasteiger partial charge in [0, 0.05) is 22.7 Å². The summed E-state index contributed by atoms with van der Waals surface area (Å²) in [5.41, 5.74) is 4.75. The summed E-state index contributed by atoms with van der Waals surface area (Å²) >= 11 is 2.93. The summed E-state index contributed by atoms with van der Waals surface area (Å²) in [7, 11) is 0. The third kappa shape index (κ3) is 4.37. The number of anilines is 1. The van der Waals surface area contributed by atoms with Crippen LogP contribution in [0, 0.1) is 0 Å². The van der Waals surface area contributed by atoms with E-state index in [1.165, 1.54) is 28.2 Å². The van der Waals surface area contributed by atoms with Crippen molar-refractivity contribution in [3.8, 4) is 33.3 Å². The summed E-state index contributed by atoms with van der Waals surface area (Å²) < 4.78 is 11.3. The average molecular weight is 464 g/mol. The summed E-state index contributed by atoms with van der Waals surface area (Å²) in [6, 6.07) is 13.9. The lowest BCUT2D eigenvalue weighted by Crippen LogP contribution is -2.14. The predicted octanol–water partition coefficient (Wildman–Crippen LogP) is 5.45. The molecule has 0 unspecified atom stereocenters. The Balaban J connectivity index is 1.25. The molecule has 1 amide bonds. The Morgan fingerprint density at radius 1 is 1.16 bits per heavy atom. The maximum Gasteiger partial charge on any atom is 0.232 e. The molecule has 5 rings (SSSR count). The molecule has 2 aromatic carbocycles. The van der Waals surface area contributed by atoms with Gasteiger partial charge in [0.05, 0.1) is 36.6 Å². The Kier molecular flexibility index (Phi) is 5.87. The van der Waals surface area contributed by atoms with Gasteiger partial charge in [-0.25, -0.2) is 9.97 Å². The lowest BCUT2D eigenvalue weighted by Gasteiger charge is -2.07. The second kappa shape index (κ2) is 9.10. The fraction of sp³-hybridized carbons (Fsp3) is 0.208. The Hall–Kier alpha value is -3.23. The first-order valence-corrected chi connectivity index (χ1v) is 12.1. The number of benzene rings is 2. The van der Waals surface area contributed by atoms with Gasteiger partial charge in [-0.05, 0) is 42.8 Å². The fourth-order valence-electron chi connectivity index (χ4n) is 3.57. The molecule has 0 spiro atoms. The number of nitrogens with zero attached hydrogens (tertiary/aromatic N) is 2. The van der Waals surface area contributed by atoms with Crippen LogP contribution >= 0.6 is 22.7 Å². The molecule has 32 heavy (non-hydrogen) atoms. The van der Waals surface area contributed by atoms with E-state index in [1.54, 1.807) is 0 Å². The molecule has 0 saturated heterocycles. The number of para-hydroxylation sites is 1. The molecule has 162 valence electrons. The van der Waals surface area contributed by atoms with E-state index >= 15 is 0 Å². The zero-order chi connectivity index (χ0) is 21.9. The van der Waals surface area contributed by atoms with Crippen LogP contribution in [0.5, 0.6) is 11.5 Å². The van der Waals surface area contributed by atoms with Crippen LogP contribution in [0.2, 0.25) is 0 Å². The van der Waals surface area contributed by atoms with E-state index in [1.807, 2.05) is 54.1 Å². The first-order valence-electron chi connectivity index (χ1n) is 10.4. The summed E-state index contributed by atoms with van der Waals surface area (Å²) in [6.07, 6.45) is 1.11. The minimum Gasteiger partial charge on any atom is -0.493 e. The van der Waals surface area contributed by atoms with Gasteiger partial charge in [0.2, 0.25) is 5.91 Å². The fourth-order valence-corrected chi connectivity index (χ4v) is 5.16. The van der Waals surface area contributed by atoms with Gasteiger partial charge in [-0.15, -0.1) is 22.7 Å². The summed E-state index contributed by atoms with van der Waals surface area (Å²) in [5, 5.41) is 8.19. The molecule has 1 aliphatic heterocycles. The molecular formula is C24H21N3O3S2. The number of nitrogens with one attached hydrogen (secondary N) is 1. The van der Waals surface area contributed by atoms with Gasteiger partial charge in [-0.3, -0.25) is 4.79 Å². The number of thiazole rings is 2. The highest BCUT2D eigenvalue weighted by atomic mass is 32.1. The number of amides is 1. The standard InChI is InChI=1S/C24H21N3O3S2/c1-2-29-21-6-4-3-5-18(21)23-25-17(13-31-23)12-22(28)27-24-26-19(14-32-24)15-7-8-20-16(11-15)9-10-30-20/h3-8,11,13-14H,2,9-10,12H2,1H3,(H,26,27,28). The van der Waals surface area contributed by atoms with E-state index < -0.39 is 0 Å². The first kappa shape index (κ1) is 20.7. The summed E-state index contributed by atoms with van der Waals surface area (Å²) in [5.74, 6) is 1.61. The second-order valence-corrected chi connectivity index (χ2v) is 8.97. The minimum atomic E-state index is -0.136. The van der Waals surface area contributed by atoms with Gasteiger partial charge < -0.3 is 14.8 Å². The molecule has 2 aromatic heterocycles. The van der Waals surface area contributed by atoms with Crippen molar-refractivity contribution in [1.29, 1.82) is 0 Å². The Morgan fingerprint density at radius 2 is 2.06 bits per heavy atom. The number of hydrogen-bond donors (Lipinski definition) is 1. The van der Waals surface area contributed by atoms with E-state index in [0.29, 0.717) is 11.7 Å². The van der Waals surface area contributed by atoms with Gasteiger partial charge >= 0.3 is 0 Å². The monoisotopic (exact) mass is 463 g/mol. The predicted molar refractivity (Wildman–Crippen MR) is 128 cm³/mol. The van der Waals surface area contributed by atoms with Crippen LogP contribution in [0.25, 0.3) is 21.8 Å². The second-order valence-electron chi connectivity index (χ2n) is 7.26. The normalized spacial score (nSPS) is 12.3. The smallest absolute Gasteiger partial charge is 0.232 e. The average Bonchev–Trinajstić information content (AvgIpc) is 3.55. The van der Waals surface area contributed by atoms with Crippen molar-refractivity contribution < 1.29 is 14.3 Å². The van der Waals surface area contributed by atoms with Crippen LogP contribution in [0.4, 0.5) is 5.13 Å². The van der Waals surface area contributed by atoms with Crippen LogP contribution in [0.3, 0.4) is 0 Å². The highest BCUT2D eigenvalue weighted by molar-refractivity contribution is 7.14. The van der Waals surface area contributed by atoms with Crippen molar-refractivity contribution in [2.75, 3.05) is 18.5 Å². The minimum absolute atomic E-state index is 0.136. The Morgan fingerprint density at radius 3 is 2.97 bits per heavy atom. The van der Waals surface area contributed by atoms with Gasteiger partial charge in [0.15, 0.2) is 5.13 Å². The molecule has 0 bridgehead atoms. The van der Waals surface area contributed by atoms with E-state index in [4.69, 9.17) is 9.47 Å². The topological polar surface area (TPSA) is 73.3 Å². The van der Waals surface area contributed by atoms with Crippen LogP contribution in [-0.2, 0) is 17.6 Å². The van der Waals surface area contributed by atoms with Gasteiger partial charge in [-0.2, -0.15) is 0 Å². The van der Waals surface area contributed by atoms with Crippen molar-refractivity contribution in [1.82, 2.24) is 9.97 Å². The highest BCUT2D eigenvalue weighted by Crippen LogP contribution is 2.33. The molecule has 8 heteroatoms. The lowest BCUT2D eigenvalue weighted by molar-refractivity contribution is -0.115. The zero-order valence-corrected chi connectivity index (χ0v) is 19.1. The van der Waals surface area contributed by atoms with E-state index in [2.05, 4.69) is 21.4 Å². The molecule has 1 N–H and O–H groups in total. The van der Waals surface area contributed by atoms with Gasteiger partial charge in [0.1, 0.15) is 16.5 Å². The van der Waals surface area contributed by atoms with Crippen molar-refractivity contribution in [3.63, 3.8) is 0 Å². The number of hydrogen-bond acceptors (Lipinski definition) is 7. The van der Waals surface area contributed by atoms with Crippen LogP contribution in [0.15, 0.2) is 53.2 Å². The third-order valence-corrected chi connectivity index (χ3v) is 6.73. The maximum absolute atomic E-state index is 12.6. The Bertz CT molecular complexity index is 1260. The summed E-state index contributed by atoms with van der Waals surface area (Å²) in [4.78, 5) is 21.8. The third-order valence-electron chi connectivity index (χ3n) is 5.05. The highest BCUT2D eigenvalue weighted by Gasteiger charge is 2.16. The first-order chi connectivity index (χ1) is 15.7. The molecule has 6 nitrogen and oxygen atoms in total. The quantitative estimate of drug-likeness (QED) is 0.395. The van der Waals surface area contributed by atoms with Crippen molar-refractivity contribution in [2.45, 2.75) is 19.8 Å². The molecule has 0 fully saturated rings. The molecule has 4 aromatic rings. The number of carbonyl (C=O) groups is 1. The van der Waals surface area contributed by atoms with Crippen molar-refractivity contribution >= 4 is 33.7 Å². The molecule has 0 aliphatic carbocycles. The van der Waals surface area contributed by atoms with Crippen LogP contribution < -0.4 is 14.8 Å². The number of aromatic nitrogens is 2. The van der Waals surface area contributed by atoms with E-state index in [0.717, 1.165) is 52.0 Å². The van der Waals surface area contributed by atoms with E-state index in [-0.39, 0.29) is 12.3 Å². The largest absolute Gasteiger partial charge is 0.493 e. The van der Waals surface area contributed by atoms with Crippen molar-refractivity contribution in [2.24, 2.45) is 0 Å². The summed E-state index contributed by atoms with van der Waals surface area (Å²) in [6.45, 7) is 3.27. The molecular weight excluding hydrogens is 442 g/mol. The van der Waals surface area contributed by atoms with Crippen molar-refractivity contribution in [3.05, 3.63) is 64.5 Å². The van der Waals surface area contributed by atoms with Crippen LogP contribution in [-0.4, -0.2) is 29.1 Å². The SMILES string of the molecule is CCOc1ccccc1-c1nc(CC(=O)Nc2nc(-c3ccc4c(c3)CCO4)cs2)cs1. The number of ether oxygens (including phenoxy) is 2. The zero-order valence-electron chi connectivity index (χ0n) is 17.5. The number of rotatable bonds is 7. The molecule has 0 radical (unpaired) electrons. The molecule has 3 heterocycles.